The summed E-state index contributed by atoms with van der Waals surface area (Å²) in [6.07, 6.45) is 1.63. The maximum Gasteiger partial charge on any atom is 0.335 e. The Morgan fingerprint density at radius 2 is 1.69 bits per heavy atom. The van der Waals surface area contributed by atoms with E-state index in [0.717, 1.165) is 16.0 Å². The van der Waals surface area contributed by atoms with Crippen LogP contribution in [0.1, 0.15) is 34.5 Å². The van der Waals surface area contributed by atoms with Crippen LogP contribution in [-0.2, 0) is 17.3 Å². The van der Waals surface area contributed by atoms with Gasteiger partial charge in [0.05, 0.1) is 11.6 Å². The number of nitrogens with one attached hydrogen (secondary N) is 1. The molecule has 2 N–H and O–H groups in total. The lowest BCUT2D eigenvalue weighted by molar-refractivity contribution is 0.0697. The van der Waals surface area contributed by atoms with Gasteiger partial charge in [0.15, 0.2) is 0 Å². The first-order chi connectivity index (χ1) is 12.3. The van der Waals surface area contributed by atoms with Gasteiger partial charge in [0.25, 0.3) is 0 Å². The highest BCUT2D eigenvalue weighted by Gasteiger charge is 2.17. The minimum Gasteiger partial charge on any atom is -0.478 e. The molecule has 0 aliphatic heterocycles. The lowest BCUT2D eigenvalue weighted by atomic mass is 10.1. The molecule has 0 heterocycles. The van der Waals surface area contributed by atoms with Gasteiger partial charge < -0.3 is 15.3 Å². The molecule has 2 aromatic carbocycles. The Bertz CT molecular complexity index is 803. The summed E-state index contributed by atoms with van der Waals surface area (Å²) in [6.45, 7) is 2.22. The van der Waals surface area contributed by atoms with Crippen LogP contribution in [0.15, 0.2) is 53.4 Å². The topological polar surface area (TPSA) is 86.7 Å². The molecule has 0 radical (unpaired) electrons. The van der Waals surface area contributed by atoms with Crippen LogP contribution in [0.5, 0.6) is 0 Å². The first kappa shape index (κ1) is 19.7. The number of urea groups is 1. The van der Waals surface area contributed by atoms with Gasteiger partial charge in [-0.1, -0.05) is 24.3 Å². The largest absolute Gasteiger partial charge is 0.478 e. The maximum absolute atomic E-state index is 12.4. The first-order valence-electron chi connectivity index (χ1n) is 8.06. The number of amides is 2. The van der Waals surface area contributed by atoms with Crippen LogP contribution in [0, 0.1) is 0 Å². The number of aromatic carboxylic acids is 1. The van der Waals surface area contributed by atoms with Crippen LogP contribution >= 0.6 is 0 Å². The molecule has 7 heteroatoms. The molecule has 2 amide bonds. The standard InChI is InChI=1S/C19H22N2O4S/c1-13(15-8-10-17(11-9-15)26(3)25)21(2)19(24)20-12-14-4-6-16(7-5-14)18(22)23/h4-11,13H,12H2,1-3H3,(H,20,24)(H,22,23). The fourth-order valence-electron chi connectivity index (χ4n) is 2.41. The molecule has 0 fully saturated rings. The zero-order chi connectivity index (χ0) is 19.3. The van der Waals surface area contributed by atoms with Gasteiger partial charge in [-0.3, -0.25) is 4.21 Å². The number of carbonyl (C=O) groups excluding carboxylic acids is 1. The van der Waals surface area contributed by atoms with E-state index < -0.39 is 16.8 Å². The van der Waals surface area contributed by atoms with Crippen molar-refractivity contribution in [3.05, 3.63) is 65.2 Å². The number of hydrogen-bond donors (Lipinski definition) is 2. The average molecular weight is 374 g/mol. The van der Waals surface area contributed by atoms with Gasteiger partial charge in [-0.2, -0.15) is 0 Å². The molecular formula is C19H22N2O4S. The third-order valence-corrected chi connectivity index (χ3v) is 5.18. The number of nitrogens with zero attached hydrogens (tertiary/aromatic N) is 1. The Labute approximate surface area is 155 Å². The summed E-state index contributed by atoms with van der Waals surface area (Å²) in [4.78, 5) is 25.5. The Balaban J connectivity index is 1.95. The molecule has 0 aromatic heterocycles. The summed E-state index contributed by atoms with van der Waals surface area (Å²) in [5.74, 6) is -0.980. The third-order valence-electron chi connectivity index (χ3n) is 4.24. The highest BCUT2D eigenvalue weighted by Crippen LogP contribution is 2.20. The number of hydrogen-bond acceptors (Lipinski definition) is 3. The number of carboxylic acid groups (broad SMARTS) is 1. The second kappa shape index (κ2) is 8.62. The number of carbonyl (C=O) groups is 2. The molecule has 0 spiro atoms. The fourth-order valence-corrected chi connectivity index (χ4v) is 2.92. The van der Waals surface area contributed by atoms with Crippen molar-refractivity contribution < 1.29 is 18.9 Å². The molecule has 0 aliphatic carbocycles. The van der Waals surface area contributed by atoms with Gasteiger partial charge in [-0.25, -0.2) is 9.59 Å². The summed E-state index contributed by atoms with van der Waals surface area (Å²) >= 11 is 0. The summed E-state index contributed by atoms with van der Waals surface area (Å²) in [5.41, 5.74) is 1.98. The Hall–Kier alpha value is -2.67. The smallest absolute Gasteiger partial charge is 0.335 e. The molecule has 0 saturated heterocycles. The lowest BCUT2D eigenvalue weighted by Gasteiger charge is -2.25. The SMILES string of the molecule is CC(c1ccc(S(C)=O)cc1)N(C)C(=O)NCc1ccc(C(=O)O)cc1. The van der Waals surface area contributed by atoms with Gasteiger partial charge in [0.1, 0.15) is 0 Å². The zero-order valence-corrected chi connectivity index (χ0v) is 15.7. The predicted molar refractivity (Wildman–Crippen MR) is 101 cm³/mol. The molecule has 2 aromatic rings. The van der Waals surface area contributed by atoms with Crippen molar-refractivity contribution in [3.8, 4) is 0 Å². The minimum atomic E-state index is -1.03. The number of benzene rings is 2. The monoisotopic (exact) mass is 374 g/mol. The van der Waals surface area contributed by atoms with E-state index in [-0.39, 0.29) is 17.6 Å². The quantitative estimate of drug-likeness (QED) is 0.814. The van der Waals surface area contributed by atoms with E-state index in [1.807, 2.05) is 19.1 Å². The van der Waals surface area contributed by atoms with Crippen LogP contribution in [0.25, 0.3) is 0 Å². The van der Waals surface area contributed by atoms with E-state index >= 15 is 0 Å². The van der Waals surface area contributed by atoms with E-state index in [0.29, 0.717) is 6.54 Å². The van der Waals surface area contributed by atoms with Crippen LogP contribution in [0.4, 0.5) is 4.79 Å². The van der Waals surface area contributed by atoms with Gasteiger partial charge in [-0.15, -0.1) is 0 Å². The minimum absolute atomic E-state index is 0.149. The van der Waals surface area contributed by atoms with Crippen LogP contribution in [0.2, 0.25) is 0 Å². The normalized spacial score (nSPS) is 12.9. The van der Waals surface area contributed by atoms with Crippen molar-refractivity contribution in [3.63, 3.8) is 0 Å². The van der Waals surface area contributed by atoms with Crippen molar-refractivity contribution in [2.24, 2.45) is 0 Å². The van der Waals surface area contributed by atoms with Crippen LogP contribution < -0.4 is 5.32 Å². The molecule has 26 heavy (non-hydrogen) atoms. The van der Waals surface area contributed by atoms with Gasteiger partial charge >= 0.3 is 12.0 Å². The van der Waals surface area contributed by atoms with Crippen molar-refractivity contribution in [1.29, 1.82) is 0 Å². The Kier molecular flexibility index (Phi) is 6.52. The fraction of sp³-hybridized carbons (Fsp3) is 0.263. The summed E-state index contributed by atoms with van der Waals surface area (Å²) in [7, 11) is 0.679. The van der Waals surface area contributed by atoms with E-state index in [4.69, 9.17) is 5.11 Å². The average Bonchev–Trinajstić information content (AvgIpc) is 2.65. The van der Waals surface area contributed by atoms with Crippen molar-refractivity contribution in [2.45, 2.75) is 24.4 Å². The number of rotatable bonds is 6. The highest BCUT2D eigenvalue weighted by molar-refractivity contribution is 7.84. The molecule has 2 rings (SSSR count). The van der Waals surface area contributed by atoms with E-state index in [1.54, 1.807) is 42.5 Å². The summed E-state index contributed by atoms with van der Waals surface area (Å²) in [6, 6.07) is 13.3. The molecule has 0 bridgehead atoms. The van der Waals surface area contributed by atoms with Crippen LogP contribution in [0.3, 0.4) is 0 Å². The zero-order valence-electron chi connectivity index (χ0n) is 14.9. The molecule has 0 aliphatic rings. The molecule has 6 nitrogen and oxygen atoms in total. The predicted octanol–water partition coefficient (Wildman–Crippen LogP) is 3.02. The van der Waals surface area contributed by atoms with Crippen molar-refractivity contribution >= 4 is 22.8 Å². The lowest BCUT2D eigenvalue weighted by Crippen LogP contribution is -2.38. The number of carboxylic acids is 1. The molecule has 0 saturated carbocycles. The highest BCUT2D eigenvalue weighted by atomic mass is 32.2. The van der Waals surface area contributed by atoms with Crippen molar-refractivity contribution in [2.75, 3.05) is 13.3 Å². The summed E-state index contributed by atoms with van der Waals surface area (Å²) in [5, 5.41) is 11.7. The Morgan fingerprint density at radius 3 is 2.19 bits per heavy atom. The van der Waals surface area contributed by atoms with E-state index in [2.05, 4.69) is 5.32 Å². The van der Waals surface area contributed by atoms with E-state index in [9.17, 15) is 13.8 Å². The van der Waals surface area contributed by atoms with Gasteiger partial charge in [-0.05, 0) is 42.3 Å². The van der Waals surface area contributed by atoms with Crippen molar-refractivity contribution in [1.82, 2.24) is 10.2 Å². The van der Waals surface area contributed by atoms with Gasteiger partial charge in [0.2, 0.25) is 0 Å². The second-order valence-corrected chi connectivity index (χ2v) is 7.35. The summed E-state index contributed by atoms with van der Waals surface area (Å²) < 4.78 is 11.5. The van der Waals surface area contributed by atoms with Crippen LogP contribution in [-0.4, -0.2) is 39.5 Å². The Morgan fingerprint density at radius 1 is 1.12 bits per heavy atom. The third kappa shape index (κ3) is 4.92. The molecular weight excluding hydrogens is 352 g/mol. The van der Waals surface area contributed by atoms with E-state index in [1.165, 1.54) is 12.1 Å². The van der Waals surface area contributed by atoms with Gasteiger partial charge in [0, 0.05) is 35.5 Å². The molecule has 2 atom stereocenters. The maximum atomic E-state index is 12.4. The molecule has 2 unspecified atom stereocenters. The first-order valence-corrected chi connectivity index (χ1v) is 9.61. The molecule has 138 valence electrons. The second-order valence-electron chi connectivity index (χ2n) is 5.97.